The van der Waals surface area contributed by atoms with Gasteiger partial charge in [0.1, 0.15) is 10.7 Å². The predicted molar refractivity (Wildman–Crippen MR) is 100 cm³/mol. The van der Waals surface area contributed by atoms with Gasteiger partial charge in [-0.2, -0.15) is 0 Å². The number of aromatic nitrogens is 2. The van der Waals surface area contributed by atoms with Crippen LogP contribution in [0.3, 0.4) is 0 Å². The van der Waals surface area contributed by atoms with Crippen LogP contribution < -0.4 is 14.8 Å². The van der Waals surface area contributed by atoms with Gasteiger partial charge in [-0.15, -0.1) is 21.5 Å². The lowest BCUT2D eigenvalue weighted by molar-refractivity contribution is -0.118. The van der Waals surface area contributed by atoms with Crippen LogP contribution in [0.5, 0.6) is 11.5 Å². The first-order valence-corrected chi connectivity index (χ1v) is 9.80. The van der Waals surface area contributed by atoms with Crippen LogP contribution in [0.2, 0.25) is 0 Å². The van der Waals surface area contributed by atoms with Crippen molar-refractivity contribution in [2.24, 2.45) is 0 Å². The molecule has 3 aromatic rings. The second-order valence-corrected chi connectivity index (χ2v) is 7.43. The molecule has 1 aliphatic heterocycles. The molecule has 0 unspecified atom stereocenters. The van der Waals surface area contributed by atoms with E-state index in [2.05, 4.69) is 15.5 Å². The van der Waals surface area contributed by atoms with Crippen LogP contribution in [0.1, 0.15) is 5.56 Å². The first kappa shape index (κ1) is 16.9. The van der Waals surface area contributed by atoms with Crippen LogP contribution in [0.4, 0.5) is 0 Å². The number of carbonyl (C=O) groups excluding carboxylic acids is 1. The summed E-state index contributed by atoms with van der Waals surface area (Å²) in [7, 11) is 0. The molecule has 0 atom stereocenters. The van der Waals surface area contributed by atoms with Crippen LogP contribution in [0, 0.1) is 0 Å². The summed E-state index contributed by atoms with van der Waals surface area (Å²) >= 11 is 2.98. The summed E-state index contributed by atoms with van der Waals surface area (Å²) in [5, 5.41) is 14.0. The molecule has 0 bridgehead atoms. The van der Waals surface area contributed by atoms with Gasteiger partial charge in [-0.25, -0.2) is 0 Å². The maximum atomic E-state index is 12.0. The zero-order valence-corrected chi connectivity index (χ0v) is 15.3. The van der Waals surface area contributed by atoms with E-state index in [4.69, 9.17) is 9.47 Å². The molecular formula is C18H15N3O3S2. The largest absolute Gasteiger partial charge is 0.454 e. The molecule has 2 aromatic heterocycles. The number of benzene rings is 1. The molecular weight excluding hydrogens is 370 g/mol. The van der Waals surface area contributed by atoms with Crippen LogP contribution in [-0.4, -0.2) is 28.7 Å². The Hall–Kier alpha value is -2.58. The molecule has 3 heterocycles. The molecule has 0 aliphatic carbocycles. The fraction of sp³-hybridized carbons (Fsp3) is 0.167. The van der Waals surface area contributed by atoms with Crippen molar-refractivity contribution in [3.8, 4) is 22.1 Å². The Kier molecular flexibility index (Phi) is 5.03. The summed E-state index contributed by atoms with van der Waals surface area (Å²) in [6.45, 7) is 0.688. The molecule has 0 radical (unpaired) electrons. The molecule has 4 rings (SSSR count). The summed E-state index contributed by atoms with van der Waals surface area (Å²) in [6, 6.07) is 13.4. The van der Waals surface area contributed by atoms with E-state index in [-0.39, 0.29) is 18.5 Å². The van der Waals surface area contributed by atoms with E-state index in [9.17, 15) is 4.79 Å². The van der Waals surface area contributed by atoms with E-state index in [1.807, 2.05) is 47.8 Å². The van der Waals surface area contributed by atoms with Gasteiger partial charge in [0.15, 0.2) is 11.5 Å². The van der Waals surface area contributed by atoms with E-state index in [0.29, 0.717) is 12.3 Å². The van der Waals surface area contributed by atoms with E-state index in [1.165, 1.54) is 11.8 Å². The second-order valence-electron chi connectivity index (χ2n) is 5.49. The van der Waals surface area contributed by atoms with Crippen LogP contribution in [0.15, 0.2) is 52.9 Å². The van der Waals surface area contributed by atoms with Crippen molar-refractivity contribution in [3.05, 3.63) is 53.4 Å². The molecule has 1 aliphatic rings. The van der Waals surface area contributed by atoms with Crippen LogP contribution >= 0.6 is 23.1 Å². The van der Waals surface area contributed by atoms with Crippen LogP contribution in [0.25, 0.3) is 10.6 Å². The number of nitrogens with zero attached hydrogens (tertiary/aromatic N) is 2. The molecule has 8 heteroatoms. The lowest BCUT2D eigenvalue weighted by atomic mass is 10.2. The minimum absolute atomic E-state index is 0.0585. The molecule has 6 nitrogen and oxygen atoms in total. The summed E-state index contributed by atoms with van der Waals surface area (Å²) in [6.07, 6.45) is 0. The molecule has 1 aromatic carbocycles. The van der Waals surface area contributed by atoms with E-state index in [1.54, 1.807) is 11.3 Å². The lowest BCUT2D eigenvalue weighted by Crippen LogP contribution is -2.24. The molecule has 0 saturated heterocycles. The highest BCUT2D eigenvalue weighted by Gasteiger charge is 2.13. The fourth-order valence-electron chi connectivity index (χ4n) is 2.39. The average Bonchev–Trinajstić information content (AvgIpc) is 3.36. The fourth-order valence-corrected chi connectivity index (χ4v) is 3.73. The summed E-state index contributed by atoms with van der Waals surface area (Å²) in [5.41, 5.74) is 1.81. The minimum atomic E-state index is -0.0585. The second kappa shape index (κ2) is 7.76. The standard InChI is InChI=1S/C18H15N3O3S2/c22-17(19-9-12-3-5-14-15(8-12)24-11-23-14)10-26-18-6-4-13(20-21-18)16-2-1-7-25-16/h1-8H,9-11H2,(H,19,22). The third-order valence-electron chi connectivity index (χ3n) is 3.69. The Morgan fingerprint density at radius 1 is 1.15 bits per heavy atom. The SMILES string of the molecule is O=C(CSc1ccc(-c2cccs2)nn1)NCc1ccc2c(c1)OCO2. The highest BCUT2D eigenvalue weighted by atomic mass is 32.2. The number of rotatable bonds is 6. The van der Waals surface area contributed by atoms with Crippen molar-refractivity contribution in [2.75, 3.05) is 12.5 Å². The monoisotopic (exact) mass is 385 g/mol. The summed E-state index contributed by atoms with van der Waals surface area (Å²) in [5.74, 6) is 1.68. The van der Waals surface area contributed by atoms with E-state index in [0.717, 1.165) is 26.9 Å². The number of fused-ring (bicyclic) bond motifs is 1. The lowest BCUT2D eigenvalue weighted by Gasteiger charge is -2.06. The predicted octanol–water partition coefficient (Wildman–Crippen LogP) is 3.34. The number of carbonyl (C=O) groups is 1. The zero-order valence-electron chi connectivity index (χ0n) is 13.7. The number of hydrogen-bond donors (Lipinski definition) is 1. The smallest absolute Gasteiger partial charge is 0.231 e. The molecule has 1 amide bonds. The van der Waals surface area contributed by atoms with Crippen molar-refractivity contribution >= 4 is 29.0 Å². The number of ether oxygens (including phenoxy) is 2. The summed E-state index contributed by atoms with van der Waals surface area (Å²) < 4.78 is 10.6. The highest BCUT2D eigenvalue weighted by molar-refractivity contribution is 7.99. The normalized spacial score (nSPS) is 12.2. The molecule has 0 saturated carbocycles. The molecule has 0 fully saturated rings. The first-order valence-electron chi connectivity index (χ1n) is 7.93. The van der Waals surface area contributed by atoms with Gasteiger partial charge >= 0.3 is 0 Å². The van der Waals surface area contributed by atoms with Gasteiger partial charge in [0, 0.05) is 6.54 Å². The van der Waals surface area contributed by atoms with Gasteiger partial charge in [0.25, 0.3) is 0 Å². The van der Waals surface area contributed by atoms with E-state index >= 15 is 0 Å². The van der Waals surface area contributed by atoms with Gasteiger partial charge in [-0.05, 0) is 41.3 Å². The highest BCUT2D eigenvalue weighted by Crippen LogP contribution is 2.32. The zero-order chi connectivity index (χ0) is 17.8. The van der Waals surface area contributed by atoms with Crippen molar-refractivity contribution in [1.82, 2.24) is 15.5 Å². The number of thiophene rings is 1. The Morgan fingerprint density at radius 3 is 2.88 bits per heavy atom. The van der Waals surface area contributed by atoms with Gasteiger partial charge in [-0.1, -0.05) is 23.9 Å². The van der Waals surface area contributed by atoms with Crippen LogP contribution in [-0.2, 0) is 11.3 Å². The Balaban J connectivity index is 1.26. The Labute approximate surface area is 158 Å². The topological polar surface area (TPSA) is 73.3 Å². The Bertz CT molecular complexity index is 899. The molecule has 26 heavy (non-hydrogen) atoms. The maximum Gasteiger partial charge on any atom is 0.231 e. The number of thioether (sulfide) groups is 1. The third-order valence-corrected chi connectivity index (χ3v) is 5.50. The van der Waals surface area contributed by atoms with Gasteiger partial charge in [0.2, 0.25) is 12.7 Å². The van der Waals surface area contributed by atoms with Crippen molar-refractivity contribution in [2.45, 2.75) is 11.6 Å². The quantitative estimate of drug-likeness (QED) is 0.656. The van der Waals surface area contributed by atoms with E-state index < -0.39 is 0 Å². The van der Waals surface area contributed by atoms with Crippen molar-refractivity contribution in [1.29, 1.82) is 0 Å². The summed E-state index contributed by atoms with van der Waals surface area (Å²) in [4.78, 5) is 13.1. The minimum Gasteiger partial charge on any atom is -0.454 e. The molecule has 132 valence electrons. The number of nitrogens with one attached hydrogen (secondary N) is 1. The molecule has 0 spiro atoms. The maximum absolute atomic E-state index is 12.0. The number of hydrogen-bond acceptors (Lipinski definition) is 7. The number of amides is 1. The van der Waals surface area contributed by atoms with Gasteiger partial charge in [-0.3, -0.25) is 4.79 Å². The molecule has 1 N–H and O–H groups in total. The first-order chi connectivity index (χ1) is 12.8. The van der Waals surface area contributed by atoms with Crippen molar-refractivity contribution in [3.63, 3.8) is 0 Å². The van der Waals surface area contributed by atoms with Crippen molar-refractivity contribution < 1.29 is 14.3 Å². The third kappa shape index (κ3) is 3.97. The average molecular weight is 385 g/mol. The Morgan fingerprint density at radius 2 is 2.08 bits per heavy atom. The van der Waals surface area contributed by atoms with Gasteiger partial charge < -0.3 is 14.8 Å². The van der Waals surface area contributed by atoms with Gasteiger partial charge in [0.05, 0.1) is 10.6 Å².